The minimum Gasteiger partial charge on any atom is -0.496 e. The second kappa shape index (κ2) is 7.56. The number of para-hydroxylation sites is 1. The van der Waals surface area contributed by atoms with Crippen molar-refractivity contribution < 1.29 is 24.3 Å². The third-order valence-corrected chi connectivity index (χ3v) is 5.21. The van der Waals surface area contributed by atoms with Crippen LogP contribution in [0.25, 0.3) is 11.4 Å². The lowest BCUT2D eigenvalue weighted by Crippen LogP contribution is -3.14. The Morgan fingerprint density at radius 1 is 1.42 bits per heavy atom. The maximum Gasteiger partial charge on any atom is 0.364 e. The van der Waals surface area contributed by atoms with Crippen LogP contribution >= 0.6 is 12.2 Å². The van der Waals surface area contributed by atoms with E-state index in [-0.39, 0.29) is 5.97 Å². The molecule has 1 aliphatic heterocycles. The highest BCUT2D eigenvalue weighted by Crippen LogP contribution is 2.27. The number of rotatable bonds is 5. The van der Waals surface area contributed by atoms with Gasteiger partial charge < -0.3 is 24.0 Å². The monoisotopic (exact) mass is 379 g/mol. The molecule has 26 heavy (non-hydrogen) atoms. The number of aliphatic hydroxyl groups excluding tert-OH is 1. The van der Waals surface area contributed by atoms with E-state index in [9.17, 15) is 9.90 Å². The van der Waals surface area contributed by atoms with Crippen LogP contribution in [0.4, 0.5) is 0 Å². The minimum atomic E-state index is -0.541. The standard InChI is InChI=1S/C17H22N4O4S/c1-19-15(12-6-4-5-7-14(12)24-2)18-21(17(19)26)10-20-9-11(22)8-13(20)16(23)25-3/h4-7,11,13,22H,8-10H2,1-3H3/p+1/t11-,13+/m1/s1. The number of esters is 1. The SMILES string of the molecule is COC(=O)[C@@H]1C[C@@H](O)C[NH+]1Cn1nc(-c2ccccc2OC)n(C)c1=S. The number of quaternary nitrogens is 1. The largest absolute Gasteiger partial charge is 0.496 e. The van der Waals surface area contributed by atoms with Crippen LogP contribution in [-0.2, 0) is 23.2 Å². The number of likely N-dealkylation sites (tertiary alicyclic amines) is 1. The molecule has 8 nitrogen and oxygen atoms in total. The van der Waals surface area contributed by atoms with Crippen molar-refractivity contribution in [3.05, 3.63) is 29.0 Å². The first-order chi connectivity index (χ1) is 12.5. The van der Waals surface area contributed by atoms with Crippen molar-refractivity contribution in [1.29, 1.82) is 0 Å². The Bertz CT molecular complexity index is 863. The second-order valence-corrected chi connectivity index (χ2v) is 6.72. The third-order valence-electron chi connectivity index (χ3n) is 4.73. The van der Waals surface area contributed by atoms with Gasteiger partial charge in [0.15, 0.2) is 18.5 Å². The van der Waals surface area contributed by atoms with Crippen LogP contribution < -0.4 is 9.64 Å². The molecule has 1 unspecified atom stereocenters. The zero-order chi connectivity index (χ0) is 18.8. The van der Waals surface area contributed by atoms with Gasteiger partial charge in [0.25, 0.3) is 0 Å². The predicted molar refractivity (Wildman–Crippen MR) is 96.3 cm³/mol. The number of hydrogen-bond donors (Lipinski definition) is 2. The van der Waals surface area contributed by atoms with E-state index in [2.05, 4.69) is 5.10 Å². The number of nitrogens with one attached hydrogen (secondary N) is 1. The molecule has 3 rings (SSSR count). The molecule has 1 fully saturated rings. The summed E-state index contributed by atoms with van der Waals surface area (Å²) in [6.45, 7) is 0.820. The molecule has 9 heteroatoms. The molecule has 140 valence electrons. The van der Waals surface area contributed by atoms with E-state index in [1.807, 2.05) is 35.9 Å². The molecule has 1 aliphatic rings. The maximum absolute atomic E-state index is 12.0. The summed E-state index contributed by atoms with van der Waals surface area (Å²) in [6.07, 6.45) is -0.165. The predicted octanol–water partition coefficient (Wildman–Crippen LogP) is -0.225. The highest BCUT2D eigenvalue weighted by molar-refractivity contribution is 7.71. The zero-order valence-corrected chi connectivity index (χ0v) is 15.8. The lowest BCUT2D eigenvalue weighted by atomic mass is 10.2. The Kier molecular flexibility index (Phi) is 5.40. The van der Waals surface area contributed by atoms with Gasteiger partial charge in [0, 0.05) is 13.5 Å². The summed E-state index contributed by atoms with van der Waals surface area (Å²) < 4.78 is 14.3. The molecule has 0 radical (unpaired) electrons. The maximum atomic E-state index is 12.0. The van der Waals surface area contributed by atoms with Crippen LogP contribution in [-0.4, -0.2) is 58.3 Å². The first-order valence-corrected chi connectivity index (χ1v) is 8.74. The van der Waals surface area contributed by atoms with Crippen LogP contribution in [0.1, 0.15) is 6.42 Å². The molecule has 2 heterocycles. The van der Waals surface area contributed by atoms with Gasteiger partial charge in [0.2, 0.25) is 4.77 Å². The highest BCUT2D eigenvalue weighted by atomic mass is 32.1. The van der Waals surface area contributed by atoms with E-state index >= 15 is 0 Å². The first-order valence-electron chi connectivity index (χ1n) is 8.34. The fraction of sp³-hybridized carbons (Fsp3) is 0.471. The lowest BCUT2D eigenvalue weighted by Gasteiger charge is -2.18. The van der Waals surface area contributed by atoms with Crippen molar-refractivity contribution in [1.82, 2.24) is 14.3 Å². The summed E-state index contributed by atoms with van der Waals surface area (Å²) in [6, 6.07) is 7.17. The van der Waals surface area contributed by atoms with Gasteiger partial charge in [-0.15, -0.1) is 5.10 Å². The lowest BCUT2D eigenvalue weighted by molar-refractivity contribution is -0.928. The molecule has 0 bridgehead atoms. The number of aliphatic hydroxyl groups is 1. The molecule has 0 spiro atoms. The smallest absolute Gasteiger partial charge is 0.364 e. The van der Waals surface area contributed by atoms with Crippen molar-refractivity contribution in [2.75, 3.05) is 20.8 Å². The first kappa shape index (κ1) is 18.6. The Morgan fingerprint density at radius 3 is 2.85 bits per heavy atom. The second-order valence-electron chi connectivity index (χ2n) is 6.35. The van der Waals surface area contributed by atoms with Gasteiger partial charge in [0.05, 0.1) is 19.8 Å². The number of methoxy groups -OCH3 is 2. The normalized spacial score (nSPS) is 22.4. The number of carbonyl (C=O) groups excluding carboxylic acids is 1. The van der Waals surface area contributed by atoms with Crippen molar-refractivity contribution in [2.24, 2.45) is 7.05 Å². The number of aromatic nitrogens is 3. The molecule has 0 aliphatic carbocycles. The summed E-state index contributed by atoms with van der Waals surface area (Å²) in [4.78, 5) is 12.9. The fourth-order valence-corrected chi connectivity index (χ4v) is 3.59. The van der Waals surface area contributed by atoms with Crippen molar-refractivity contribution in [3.8, 4) is 17.1 Å². The molecule has 3 atom stereocenters. The molecular weight excluding hydrogens is 356 g/mol. The topological polar surface area (TPSA) is 82.9 Å². The van der Waals surface area contributed by atoms with Gasteiger partial charge in [-0.25, -0.2) is 4.79 Å². The minimum absolute atomic E-state index is 0.330. The molecule has 2 N–H and O–H groups in total. The van der Waals surface area contributed by atoms with Gasteiger partial charge >= 0.3 is 5.97 Å². The van der Waals surface area contributed by atoms with Crippen LogP contribution in [0.15, 0.2) is 24.3 Å². The third kappa shape index (κ3) is 3.37. The number of hydrogen-bond acceptors (Lipinski definition) is 6. The van der Waals surface area contributed by atoms with E-state index in [1.54, 1.807) is 11.8 Å². The molecular formula is C17H23N4O4S+. The molecule has 1 aromatic heterocycles. The fourth-order valence-electron chi connectivity index (χ4n) is 3.39. The Morgan fingerprint density at radius 2 is 2.15 bits per heavy atom. The number of benzene rings is 1. The Hall–Kier alpha value is -2.23. The van der Waals surface area contributed by atoms with Gasteiger partial charge in [-0.3, -0.25) is 0 Å². The highest BCUT2D eigenvalue weighted by Gasteiger charge is 2.41. The summed E-state index contributed by atoms with van der Waals surface area (Å²) >= 11 is 5.52. The summed E-state index contributed by atoms with van der Waals surface area (Å²) in [7, 11) is 4.82. The van der Waals surface area contributed by atoms with Crippen LogP contribution in [0.3, 0.4) is 0 Å². The summed E-state index contributed by atoms with van der Waals surface area (Å²) in [5, 5.41) is 14.6. The van der Waals surface area contributed by atoms with E-state index in [4.69, 9.17) is 21.7 Å². The summed E-state index contributed by atoms with van der Waals surface area (Å²) in [5.74, 6) is 1.06. The molecule has 0 saturated carbocycles. The van der Waals surface area contributed by atoms with Crippen LogP contribution in [0.2, 0.25) is 0 Å². The molecule has 2 aromatic rings. The van der Waals surface area contributed by atoms with E-state index in [0.29, 0.717) is 36.0 Å². The van der Waals surface area contributed by atoms with Crippen molar-refractivity contribution in [3.63, 3.8) is 0 Å². The Labute approximate surface area is 156 Å². The van der Waals surface area contributed by atoms with Crippen LogP contribution in [0.5, 0.6) is 5.75 Å². The summed E-state index contributed by atoms with van der Waals surface area (Å²) in [5.41, 5.74) is 0.836. The van der Waals surface area contributed by atoms with Crippen molar-refractivity contribution >= 4 is 18.2 Å². The number of ether oxygens (including phenoxy) is 2. The number of nitrogens with zero attached hydrogens (tertiary/aromatic N) is 3. The van der Waals surface area contributed by atoms with Gasteiger partial charge in [0.1, 0.15) is 18.4 Å². The van der Waals surface area contributed by atoms with Gasteiger partial charge in [-0.2, -0.15) is 4.68 Å². The van der Waals surface area contributed by atoms with E-state index < -0.39 is 12.1 Å². The quantitative estimate of drug-likeness (QED) is 0.552. The molecule has 0 amide bonds. The van der Waals surface area contributed by atoms with E-state index in [1.165, 1.54) is 7.11 Å². The van der Waals surface area contributed by atoms with Gasteiger partial charge in [-0.05, 0) is 24.4 Å². The zero-order valence-electron chi connectivity index (χ0n) is 15.0. The van der Waals surface area contributed by atoms with Gasteiger partial charge in [-0.1, -0.05) is 12.1 Å². The Balaban J connectivity index is 1.93. The molecule has 1 saturated heterocycles. The van der Waals surface area contributed by atoms with Crippen molar-refractivity contribution in [2.45, 2.75) is 25.2 Å². The average Bonchev–Trinajstić information content (AvgIpc) is 3.15. The average molecular weight is 379 g/mol. The van der Waals surface area contributed by atoms with E-state index in [0.717, 1.165) is 10.5 Å². The molecule has 1 aromatic carbocycles. The van der Waals surface area contributed by atoms with Crippen LogP contribution in [0, 0.1) is 4.77 Å². The number of carbonyl (C=O) groups is 1.